The highest BCUT2D eigenvalue weighted by Gasteiger charge is 2.30. The summed E-state index contributed by atoms with van der Waals surface area (Å²) in [5, 5.41) is 0. The minimum absolute atomic E-state index is 0.373. The van der Waals surface area contributed by atoms with Gasteiger partial charge < -0.3 is 0 Å². The van der Waals surface area contributed by atoms with E-state index in [9.17, 15) is 0 Å². The average molecular weight is 269 g/mol. The van der Waals surface area contributed by atoms with Crippen LogP contribution >= 0.6 is 0 Å². The third kappa shape index (κ3) is 3.95. The predicted octanol–water partition coefficient (Wildman–Crippen LogP) is 5.71. The fraction of sp³-hybridized carbons (Fsp3) is 0.650. The molecular weight excluding hydrogens is 240 g/mol. The third-order valence-electron chi connectivity index (χ3n) is 4.62. The molecule has 20 heavy (non-hydrogen) atoms. The van der Waals surface area contributed by atoms with E-state index in [4.69, 9.17) is 0 Å². The first kappa shape index (κ1) is 15.3. The second-order valence-electron chi connectivity index (χ2n) is 6.41. The quantitative estimate of drug-likeness (QED) is 0.329. The van der Waals surface area contributed by atoms with Gasteiger partial charge in [0.05, 0.1) is 12.8 Å². The second-order valence-corrected chi connectivity index (χ2v) is 6.41. The van der Waals surface area contributed by atoms with E-state index in [1.807, 2.05) is 0 Å². The van der Waals surface area contributed by atoms with Crippen molar-refractivity contribution in [3.8, 4) is 11.8 Å². The lowest BCUT2D eigenvalue weighted by molar-refractivity contribution is 0.251. The number of unbranched alkanes of at least 4 members (excludes halogenated alkanes) is 2. The van der Waals surface area contributed by atoms with E-state index < -0.39 is 0 Å². The Balaban J connectivity index is 2.07. The van der Waals surface area contributed by atoms with Crippen LogP contribution in [-0.4, -0.2) is 0 Å². The molecule has 2 rings (SSSR count). The molecule has 0 bridgehead atoms. The first-order valence-electron chi connectivity index (χ1n) is 8.47. The topological polar surface area (TPSA) is 0 Å². The van der Waals surface area contributed by atoms with Gasteiger partial charge in [-0.2, -0.15) is 0 Å². The highest BCUT2D eigenvalue weighted by Crippen LogP contribution is 2.42. The van der Waals surface area contributed by atoms with Crippen molar-refractivity contribution in [1.29, 1.82) is 0 Å². The van der Waals surface area contributed by atoms with Crippen molar-refractivity contribution in [1.82, 2.24) is 0 Å². The van der Waals surface area contributed by atoms with Gasteiger partial charge in [-0.1, -0.05) is 39.2 Å². The van der Waals surface area contributed by atoms with Gasteiger partial charge in [-0.3, -0.25) is 0 Å². The number of allylic oxidation sites excluding steroid dienone is 4. The Labute approximate surface area is 125 Å². The van der Waals surface area contributed by atoms with E-state index in [1.165, 1.54) is 32.1 Å². The van der Waals surface area contributed by atoms with E-state index in [-0.39, 0.29) is 0 Å². The van der Waals surface area contributed by atoms with Crippen LogP contribution in [0.2, 0.25) is 0 Å². The van der Waals surface area contributed by atoms with Gasteiger partial charge in [0.25, 0.3) is 0 Å². The molecule has 0 N–H and O–H groups in total. The normalized spacial score (nSPS) is 31.6. The van der Waals surface area contributed by atoms with E-state index in [1.54, 1.807) is 11.1 Å². The van der Waals surface area contributed by atoms with Crippen LogP contribution < -0.4 is 0 Å². The molecule has 0 aliphatic heterocycles. The summed E-state index contributed by atoms with van der Waals surface area (Å²) in [6.45, 7) is 6.92. The van der Waals surface area contributed by atoms with Gasteiger partial charge in [0, 0.05) is 6.42 Å². The summed E-state index contributed by atoms with van der Waals surface area (Å²) in [7, 11) is 0. The Hall–Kier alpha value is -1.09. The van der Waals surface area contributed by atoms with E-state index in [2.05, 4.69) is 51.2 Å². The SMILES string of the molecule is CCCC[CH+]C1C#CC/C=C(/C2CC(C)C2)C(CC)=C1. The highest BCUT2D eigenvalue weighted by atomic mass is 14.3. The Morgan fingerprint density at radius 3 is 2.75 bits per heavy atom. The summed E-state index contributed by atoms with van der Waals surface area (Å²) in [6, 6.07) is 0. The van der Waals surface area contributed by atoms with Gasteiger partial charge in [0.1, 0.15) is 0 Å². The smallest absolute Gasteiger partial charge is 0.0941 e. The van der Waals surface area contributed by atoms with E-state index in [0.717, 1.165) is 24.7 Å². The van der Waals surface area contributed by atoms with Crippen LogP contribution in [0.1, 0.15) is 65.7 Å². The maximum absolute atomic E-state index is 3.42. The molecule has 0 amide bonds. The molecular formula is C20H29+. The summed E-state index contributed by atoms with van der Waals surface area (Å²) in [6.07, 6.45) is 15.9. The standard InChI is InChI=1S/C20H29/c1-4-6-7-10-17-11-8-9-12-20(18(5-2)15-17)19-13-16(3)14-19/h10,12,15-17,19H,4-7,9,13-14H2,1-3H3/q+1/b18-15?,20-12+. The lowest BCUT2D eigenvalue weighted by Gasteiger charge is -2.36. The lowest BCUT2D eigenvalue weighted by Crippen LogP contribution is -2.24. The highest BCUT2D eigenvalue weighted by molar-refractivity contribution is 5.39. The van der Waals surface area contributed by atoms with Crippen LogP contribution in [0.4, 0.5) is 0 Å². The van der Waals surface area contributed by atoms with Crippen molar-refractivity contribution in [2.75, 3.05) is 0 Å². The molecule has 108 valence electrons. The zero-order chi connectivity index (χ0) is 14.4. The first-order valence-corrected chi connectivity index (χ1v) is 8.47. The fourth-order valence-electron chi connectivity index (χ4n) is 3.36. The molecule has 0 aromatic heterocycles. The molecule has 0 nitrogen and oxygen atoms in total. The van der Waals surface area contributed by atoms with Crippen molar-refractivity contribution in [3.05, 3.63) is 29.7 Å². The minimum atomic E-state index is 0.373. The molecule has 0 heterocycles. The molecule has 0 radical (unpaired) electrons. The summed E-state index contributed by atoms with van der Waals surface area (Å²) >= 11 is 0. The third-order valence-corrected chi connectivity index (χ3v) is 4.62. The summed E-state index contributed by atoms with van der Waals surface area (Å²) in [5.41, 5.74) is 3.18. The molecule has 1 unspecified atom stereocenters. The van der Waals surface area contributed by atoms with Gasteiger partial charge in [-0.15, -0.1) is 0 Å². The Kier molecular flexibility index (Phi) is 5.84. The van der Waals surface area contributed by atoms with Crippen LogP contribution in [0, 0.1) is 36.0 Å². The summed E-state index contributed by atoms with van der Waals surface area (Å²) < 4.78 is 0. The monoisotopic (exact) mass is 269 g/mol. The maximum Gasteiger partial charge on any atom is 0.176 e. The van der Waals surface area contributed by atoms with Gasteiger partial charge in [0.15, 0.2) is 5.92 Å². The minimum Gasteiger partial charge on any atom is -0.0941 e. The lowest BCUT2D eigenvalue weighted by atomic mass is 9.69. The molecule has 0 aromatic carbocycles. The van der Waals surface area contributed by atoms with Crippen molar-refractivity contribution in [3.63, 3.8) is 0 Å². The predicted molar refractivity (Wildman–Crippen MR) is 88.1 cm³/mol. The Bertz CT molecular complexity index is 421. The number of hydrogen-bond acceptors (Lipinski definition) is 0. The van der Waals surface area contributed by atoms with Crippen molar-refractivity contribution >= 4 is 0 Å². The van der Waals surface area contributed by atoms with Crippen LogP contribution in [-0.2, 0) is 0 Å². The molecule has 1 fully saturated rings. The molecule has 0 heteroatoms. The van der Waals surface area contributed by atoms with Gasteiger partial charge in [-0.25, -0.2) is 0 Å². The maximum atomic E-state index is 3.42. The number of rotatable bonds is 6. The summed E-state index contributed by atoms with van der Waals surface area (Å²) in [4.78, 5) is 0. The molecule has 0 aromatic rings. The zero-order valence-corrected chi connectivity index (χ0v) is 13.4. The van der Waals surface area contributed by atoms with Crippen molar-refractivity contribution in [2.45, 2.75) is 65.7 Å². The second kappa shape index (κ2) is 7.63. The Morgan fingerprint density at radius 1 is 1.30 bits per heavy atom. The first-order chi connectivity index (χ1) is 9.74. The average Bonchev–Trinajstić information content (AvgIpc) is 2.39. The van der Waals surface area contributed by atoms with Crippen LogP contribution in [0.3, 0.4) is 0 Å². The van der Waals surface area contributed by atoms with Crippen LogP contribution in [0.5, 0.6) is 0 Å². The largest absolute Gasteiger partial charge is 0.176 e. The molecule has 2 aliphatic carbocycles. The molecule has 2 aliphatic rings. The van der Waals surface area contributed by atoms with Gasteiger partial charge in [0.2, 0.25) is 0 Å². The van der Waals surface area contributed by atoms with Gasteiger partial charge in [-0.05, 0) is 60.7 Å². The van der Waals surface area contributed by atoms with Crippen molar-refractivity contribution < 1.29 is 0 Å². The number of hydrogen-bond donors (Lipinski definition) is 0. The molecule has 1 atom stereocenters. The van der Waals surface area contributed by atoms with E-state index in [0.29, 0.717) is 5.92 Å². The molecule has 0 saturated heterocycles. The van der Waals surface area contributed by atoms with Crippen molar-refractivity contribution in [2.24, 2.45) is 17.8 Å². The van der Waals surface area contributed by atoms with Crippen LogP contribution in [0.25, 0.3) is 0 Å². The van der Waals surface area contributed by atoms with Gasteiger partial charge >= 0.3 is 0 Å². The Morgan fingerprint density at radius 2 is 2.10 bits per heavy atom. The fourth-order valence-corrected chi connectivity index (χ4v) is 3.36. The molecule has 0 spiro atoms. The zero-order valence-electron chi connectivity index (χ0n) is 13.4. The molecule has 1 saturated carbocycles. The van der Waals surface area contributed by atoms with E-state index >= 15 is 0 Å². The summed E-state index contributed by atoms with van der Waals surface area (Å²) in [5.74, 6) is 8.88. The van der Waals surface area contributed by atoms with Crippen LogP contribution in [0.15, 0.2) is 23.3 Å².